The van der Waals surface area contributed by atoms with Gasteiger partial charge in [0.25, 0.3) is 5.91 Å². The van der Waals surface area contributed by atoms with Gasteiger partial charge < -0.3 is 26.2 Å². The van der Waals surface area contributed by atoms with Crippen LogP contribution in [0.2, 0.25) is 5.02 Å². The summed E-state index contributed by atoms with van der Waals surface area (Å²) < 4.78 is 28.6. The molecule has 6 N–H and O–H groups in total. The molecule has 0 saturated carbocycles. The standard InChI is InChI=1S/C27H31ClN4O6S/c1-26(2,3)32-39(37,38)23-7-5-4-6-22(23)18-8-12-20(13-9-18)29-24(35)27(16-33,17-34)31-25(36)30-21-14-10-19(28)11-15-21/h4-15,32-34H,16-17H2,1-3H3,(H,29,35)(H2,30,31,36). The number of sulfonamides is 1. The second-order valence-corrected chi connectivity index (χ2v) is 12.0. The van der Waals surface area contributed by atoms with Gasteiger partial charge in [-0.25, -0.2) is 17.9 Å². The number of carbonyl (C=O) groups excluding carboxylic acids is 2. The molecule has 0 atom stereocenters. The van der Waals surface area contributed by atoms with Crippen molar-refractivity contribution in [3.63, 3.8) is 0 Å². The zero-order valence-electron chi connectivity index (χ0n) is 21.7. The molecule has 3 aromatic carbocycles. The van der Waals surface area contributed by atoms with E-state index in [1.807, 2.05) is 0 Å². The number of benzene rings is 3. The van der Waals surface area contributed by atoms with Crippen molar-refractivity contribution in [1.29, 1.82) is 0 Å². The molecule has 10 nitrogen and oxygen atoms in total. The Morgan fingerprint density at radius 3 is 1.92 bits per heavy atom. The molecule has 0 heterocycles. The first-order chi connectivity index (χ1) is 18.3. The SMILES string of the molecule is CC(C)(C)NS(=O)(=O)c1ccccc1-c1ccc(NC(=O)C(CO)(CO)NC(=O)Nc2ccc(Cl)cc2)cc1. The molecule has 0 aromatic heterocycles. The van der Waals surface area contributed by atoms with Crippen molar-refractivity contribution in [1.82, 2.24) is 10.0 Å². The van der Waals surface area contributed by atoms with E-state index in [1.165, 1.54) is 6.07 Å². The Kier molecular flexibility index (Phi) is 9.36. The van der Waals surface area contributed by atoms with E-state index in [0.717, 1.165) is 0 Å². The summed E-state index contributed by atoms with van der Waals surface area (Å²) in [4.78, 5) is 25.6. The van der Waals surface area contributed by atoms with Crippen LogP contribution >= 0.6 is 11.6 Å². The van der Waals surface area contributed by atoms with Gasteiger partial charge in [0.15, 0.2) is 5.54 Å². The summed E-state index contributed by atoms with van der Waals surface area (Å²) in [6.45, 7) is 3.49. The number of hydrogen-bond acceptors (Lipinski definition) is 6. The highest BCUT2D eigenvalue weighted by Crippen LogP contribution is 2.29. The van der Waals surface area contributed by atoms with Crippen LogP contribution in [-0.4, -0.2) is 54.9 Å². The molecule has 0 bridgehead atoms. The molecule has 208 valence electrons. The summed E-state index contributed by atoms with van der Waals surface area (Å²) in [6.07, 6.45) is 0. The molecular formula is C27H31ClN4O6S. The number of anilines is 2. The maximum Gasteiger partial charge on any atom is 0.320 e. The van der Waals surface area contributed by atoms with Crippen molar-refractivity contribution in [3.05, 3.63) is 77.8 Å². The average molecular weight is 575 g/mol. The van der Waals surface area contributed by atoms with Crippen LogP contribution < -0.4 is 20.7 Å². The Balaban J connectivity index is 1.78. The monoisotopic (exact) mass is 574 g/mol. The molecule has 12 heteroatoms. The molecule has 0 saturated heterocycles. The number of urea groups is 1. The highest BCUT2D eigenvalue weighted by molar-refractivity contribution is 7.89. The van der Waals surface area contributed by atoms with E-state index < -0.39 is 46.3 Å². The molecule has 0 aliphatic rings. The van der Waals surface area contributed by atoms with E-state index in [9.17, 15) is 28.2 Å². The Labute approximate surface area is 232 Å². The largest absolute Gasteiger partial charge is 0.393 e. The van der Waals surface area contributed by atoms with Crippen molar-refractivity contribution in [2.75, 3.05) is 23.8 Å². The Bertz CT molecular complexity index is 1420. The number of halogens is 1. The van der Waals surface area contributed by atoms with E-state index in [1.54, 1.807) is 87.5 Å². The topological polar surface area (TPSA) is 157 Å². The fraction of sp³-hybridized carbons (Fsp3) is 0.259. The minimum Gasteiger partial charge on any atom is -0.393 e. The molecule has 0 spiro atoms. The molecule has 0 unspecified atom stereocenters. The van der Waals surface area contributed by atoms with Crippen LogP contribution in [0, 0.1) is 0 Å². The van der Waals surface area contributed by atoms with Gasteiger partial charge in [-0.05, 0) is 68.8 Å². The van der Waals surface area contributed by atoms with Crippen molar-refractivity contribution >= 4 is 44.9 Å². The van der Waals surface area contributed by atoms with Gasteiger partial charge in [-0.3, -0.25) is 4.79 Å². The van der Waals surface area contributed by atoms with Gasteiger partial charge in [-0.2, -0.15) is 0 Å². The zero-order valence-corrected chi connectivity index (χ0v) is 23.2. The van der Waals surface area contributed by atoms with Crippen molar-refractivity contribution in [3.8, 4) is 11.1 Å². The average Bonchev–Trinajstić information content (AvgIpc) is 2.88. The Morgan fingerprint density at radius 1 is 0.821 bits per heavy atom. The van der Waals surface area contributed by atoms with E-state index in [4.69, 9.17) is 11.6 Å². The van der Waals surface area contributed by atoms with Crippen LogP contribution in [-0.2, 0) is 14.8 Å². The minimum atomic E-state index is -3.82. The first-order valence-corrected chi connectivity index (χ1v) is 13.8. The van der Waals surface area contributed by atoms with Crippen LogP contribution in [0.25, 0.3) is 11.1 Å². The predicted octanol–water partition coefficient (Wildman–Crippen LogP) is 3.57. The molecule has 3 rings (SSSR count). The maximum atomic E-state index is 13.0. The van der Waals surface area contributed by atoms with Crippen LogP contribution in [0.1, 0.15) is 20.8 Å². The zero-order chi connectivity index (χ0) is 28.8. The lowest BCUT2D eigenvalue weighted by atomic mass is 10.0. The van der Waals surface area contributed by atoms with Gasteiger partial charge in [0.05, 0.1) is 18.1 Å². The lowest BCUT2D eigenvalue weighted by molar-refractivity contribution is -0.125. The second kappa shape index (κ2) is 12.1. The number of nitrogens with one attached hydrogen (secondary N) is 4. The van der Waals surface area contributed by atoms with Gasteiger partial charge in [-0.15, -0.1) is 0 Å². The highest BCUT2D eigenvalue weighted by Gasteiger charge is 2.39. The van der Waals surface area contributed by atoms with E-state index in [0.29, 0.717) is 27.5 Å². The lowest BCUT2D eigenvalue weighted by Gasteiger charge is -2.29. The number of amides is 3. The number of aliphatic hydroxyl groups excluding tert-OH is 2. The van der Waals surface area contributed by atoms with Crippen LogP contribution in [0.3, 0.4) is 0 Å². The van der Waals surface area contributed by atoms with E-state index in [2.05, 4.69) is 20.7 Å². The van der Waals surface area contributed by atoms with Crippen LogP contribution in [0.15, 0.2) is 77.7 Å². The van der Waals surface area contributed by atoms with Crippen molar-refractivity contribution in [2.45, 2.75) is 36.7 Å². The number of aliphatic hydroxyl groups is 2. The van der Waals surface area contributed by atoms with Crippen LogP contribution in [0.4, 0.5) is 16.2 Å². The molecule has 0 radical (unpaired) electrons. The molecule has 3 aromatic rings. The fourth-order valence-corrected chi connectivity index (χ4v) is 5.40. The number of hydrogen-bond donors (Lipinski definition) is 6. The summed E-state index contributed by atoms with van der Waals surface area (Å²) >= 11 is 5.84. The quantitative estimate of drug-likeness (QED) is 0.229. The third-order valence-electron chi connectivity index (χ3n) is 5.50. The maximum absolute atomic E-state index is 13.0. The van der Waals surface area contributed by atoms with Gasteiger partial charge in [0.1, 0.15) is 0 Å². The first kappa shape index (κ1) is 30.1. The van der Waals surface area contributed by atoms with Gasteiger partial charge in [0.2, 0.25) is 10.0 Å². The summed E-state index contributed by atoms with van der Waals surface area (Å²) in [5.74, 6) is -0.858. The minimum absolute atomic E-state index is 0.104. The summed E-state index contributed by atoms with van der Waals surface area (Å²) in [6, 6.07) is 18.3. The molecule has 0 aliphatic carbocycles. The summed E-state index contributed by atoms with van der Waals surface area (Å²) in [5, 5.41) is 27.7. The molecule has 0 fully saturated rings. The van der Waals surface area contributed by atoms with Gasteiger partial charge in [-0.1, -0.05) is 41.9 Å². The third-order valence-corrected chi connectivity index (χ3v) is 7.57. The highest BCUT2D eigenvalue weighted by atomic mass is 35.5. The fourth-order valence-electron chi connectivity index (χ4n) is 3.62. The summed E-state index contributed by atoms with van der Waals surface area (Å²) in [7, 11) is -3.82. The Morgan fingerprint density at radius 2 is 1.36 bits per heavy atom. The summed E-state index contributed by atoms with van der Waals surface area (Å²) in [5.41, 5.74) is -0.979. The van der Waals surface area contributed by atoms with Crippen molar-refractivity contribution < 1.29 is 28.2 Å². The second-order valence-electron chi connectivity index (χ2n) is 9.87. The normalized spacial score (nSPS) is 12.1. The van der Waals surface area contributed by atoms with Gasteiger partial charge in [0, 0.05) is 27.5 Å². The number of carbonyl (C=O) groups is 2. The van der Waals surface area contributed by atoms with E-state index >= 15 is 0 Å². The first-order valence-electron chi connectivity index (χ1n) is 11.9. The molecular weight excluding hydrogens is 544 g/mol. The molecule has 0 aliphatic heterocycles. The Hall–Kier alpha value is -3.48. The lowest BCUT2D eigenvalue weighted by Crippen LogP contribution is -2.62. The number of rotatable bonds is 9. The predicted molar refractivity (Wildman–Crippen MR) is 151 cm³/mol. The smallest absolute Gasteiger partial charge is 0.320 e. The van der Waals surface area contributed by atoms with Crippen molar-refractivity contribution in [2.24, 2.45) is 0 Å². The van der Waals surface area contributed by atoms with Crippen LogP contribution in [0.5, 0.6) is 0 Å². The third kappa shape index (κ3) is 7.78. The molecule has 3 amide bonds. The molecule has 39 heavy (non-hydrogen) atoms. The van der Waals surface area contributed by atoms with Gasteiger partial charge >= 0.3 is 6.03 Å². The van der Waals surface area contributed by atoms with E-state index in [-0.39, 0.29) is 4.90 Å².